The number of carbonyl (C=O) groups excluding carboxylic acids is 1. The second kappa shape index (κ2) is 3.82. The molecule has 3 heteroatoms. The fourth-order valence-electron chi connectivity index (χ4n) is 3.27. The summed E-state index contributed by atoms with van der Waals surface area (Å²) >= 11 is 6.19. The van der Waals surface area contributed by atoms with Crippen LogP contribution in [0.1, 0.15) is 42.9 Å². The summed E-state index contributed by atoms with van der Waals surface area (Å²) in [6, 6.07) is 5.72. The molecule has 1 aromatic rings. The average molecular weight is 251 g/mol. The molecular weight excluding hydrogens is 236 g/mol. The van der Waals surface area contributed by atoms with E-state index in [-0.39, 0.29) is 5.41 Å². The van der Waals surface area contributed by atoms with Crippen LogP contribution in [-0.2, 0) is 11.2 Å². The van der Waals surface area contributed by atoms with Crippen molar-refractivity contribution in [3.05, 3.63) is 34.3 Å². The fraction of sp³-hybridized carbons (Fsp3) is 0.500. The third kappa shape index (κ3) is 1.62. The number of Topliss-reactive ketones (excluding diaryl/α,β-unsaturated/α-hetero) is 1. The highest BCUT2D eigenvalue weighted by Crippen LogP contribution is 2.54. The van der Waals surface area contributed by atoms with Gasteiger partial charge in [0, 0.05) is 23.3 Å². The minimum atomic E-state index is -0.454. The number of aliphatic hydroxyl groups excluding tert-OH is 1. The molecule has 1 saturated carbocycles. The quantitative estimate of drug-likeness (QED) is 0.768. The van der Waals surface area contributed by atoms with Crippen LogP contribution in [0, 0.1) is 5.41 Å². The summed E-state index contributed by atoms with van der Waals surface area (Å²) in [4.78, 5) is 11.3. The van der Waals surface area contributed by atoms with Crippen LogP contribution in [0.3, 0.4) is 0 Å². The third-order valence-corrected chi connectivity index (χ3v) is 4.72. The zero-order valence-corrected chi connectivity index (χ0v) is 10.3. The summed E-state index contributed by atoms with van der Waals surface area (Å²) < 4.78 is 0. The van der Waals surface area contributed by atoms with Gasteiger partial charge in [-0.1, -0.05) is 23.7 Å². The summed E-state index contributed by atoms with van der Waals surface area (Å²) in [5.41, 5.74) is 1.91. The number of halogens is 1. The number of fused-ring (bicyclic) bond motifs is 1. The molecule has 1 aromatic carbocycles. The van der Waals surface area contributed by atoms with Crippen LogP contribution in [0.25, 0.3) is 0 Å². The maximum Gasteiger partial charge on any atom is 0.132 e. The van der Waals surface area contributed by atoms with E-state index in [1.54, 1.807) is 0 Å². The van der Waals surface area contributed by atoms with Crippen LogP contribution < -0.4 is 0 Å². The Labute approximate surface area is 106 Å². The van der Waals surface area contributed by atoms with Crippen molar-refractivity contribution in [1.82, 2.24) is 0 Å². The number of carbonyl (C=O) groups is 1. The number of hydrogen-bond acceptors (Lipinski definition) is 2. The predicted molar refractivity (Wildman–Crippen MR) is 66.0 cm³/mol. The molecule has 2 aliphatic rings. The van der Waals surface area contributed by atoms with Crippen molar-refractivity contribution < 1.29 is 9.90 Å². The van der Waals surface area contributed by atoms with E-state index in [9.17, 15) is 9.90 Å². The van der Waals surface area contributed by atoms with E-state index in [2.05, 4.69) is 0 Å². The van der Waals surface area contributed by atoms with Crippen molar-refractivity contribution in [2.45, 2.75) is 38.2 Å². The first kappa shape index (κ1) is 11.2. The van der Waals surface area contributed by atoms with E-state index >= 15 is 0 Å². The Kier molecular flexibility index (Phi) is 2.53. The van der Waals surface area contributed by atoms with Crippen LogP contribution >= 0.6 is 11.6 Å². The van der Waals surface area contributed by atoms with E-state index in [0.717, 1.165) is 35.4 Å². The Balaban J connectivity index is 1.98. The smallest absolute Gasteiger partial charge is 0.132 e. The molecule has 1 fully saturated rings. The highest BCUT2D eigenvalue weighted by molar-refractivity contribution is 6.31. The molecule has 0 aliphatic heterocycles. The lowest BCUT2D eigenvalue weighted by atomic mass is 9.70. The van der Waals surface area contributed by atoms with E-state index in [0.29, 0.717) is 18.6 Å². The average Bonchev–Trinajstić information content (AvgIpc) is 2.60. The molecule has 0 aromatic heterocycles. The Morgan fingerprint density at radius 3 is 2.65 bits per heavy atom. The molecule has 1 spiro atoms. The SMILES string of the molecule is O=C1CCC2(CC1)Cc1c(Cl)cccc1C2O. The first-order chi connectivity index (χ1) is 8.12. The van der Waals surface area contributed by atoms with E-state index in [4.69, 9.17) is 11.6 Å². The molecule has 90 valence electrons. The molecule has 1 unspecified atom stereocenters. The van der Waals surface area contributed by atoms with Gasteiger partial charge in [-0.15, -0.1) is 0 Å². The van der Waals surface area contributed by atoms with Crippen molar-refractivity contribution >= 4 is 17.4 Å². The minimum absolute atomic E-state index is 0.138. The minimum Gasteiger partial charge on any atom is -0.388 e. The molecule has 17 heavy (non-hydrogen) atoms. The number of aliphatic hydroxyl groups is 1. The van der Waals surface area contributed by atoms with Crippen molar-refractivity contribution in [2.24, 2.45) is 5.41 Å². The lowest BCUT2D eigenvalue weighted by Crippen LogP contribution is -2.31. The summed E-state index contributed by atoms with van der Waals surface area (Å²) in [5, 5.41) is 11.2. The molecule has 0 amide bonds. The van der Waals surface area contributed by atoms with Gasteiger partial charge in [0.05, 0.1) is 6.10 Å². The topological polar surface area (TPSA) is 37.3 Å². The van der Waals surface area contributed by atoms with Crippen LogP contribution in [0.15, 0.2) is 18.2 Å². The molecule has 0 saturated heterocycles. The Morgan fingerprint density at radius 2 is 2.00 bits per heavy atom. The summed E-state index contributed by atoms with van der Waals surface area (Å²) in [7, 11) is 0. The third-order valence-electron chi connectivity index (χ3n) is 4.36. The van der Waals surface area contributed by atoms with Gasteiger partial charge in [-0.25, -0.2) is 0 Å². The van der Waals surface area contributed by atoms with Gasteiger partial charge in [0.15, 0.2) is 0 Å². The fourth-order valence-corrected chi connectivity index (χ4v) is 3.52. The molecule has 1 N–H and O–H groups in total. The van der Waals surface area contributed by atoms with Crippen LogP contribution in [-0.4, -0.2) is 10.9 Å². The number of benzene rings is 1. The lowest BCUT2D eigenvalue weighted by Gasteiger charge is -2.36. The van der Waals surface area contributed by atoms with Gasteiger partial charge >= 0.3 is 0 Å². The molecule has 0 heterocycles. The lowest BCUT2D eigenvalue weighted by molar-refractivity contribution is -0.124. The highest BCUT2D eigenvalue weighted by Gasteiger charge is 2.47. The number of hydrogen-bond donors (Lipinski definition) is 1. The van der Waals surface area contributed by atoms with E-state index in [1.807, 2.05) is 18.2 Å². The van der Waals surface area contributed by atoms with E-state index in [1.165, 1.54) is 0 Å². The van der Waals surface area contributed by atoms with Gasteiger partial charge in [-0.05, 0) is 36.5 Å². The zero-order chi connectivity index (χ0) is 12.0. The van der Waals surface area contributed by atoms with Crippen LogP contribution in [0.2, 0.25) is 5.02 Å². The second-order valence-corrected chi connectivity index (χ2v) is 5.70. The Hall–Kier alpha value is -0.860. The molecule has 1 atom stereocenters. The second-order valence-electron chi connectivity index (χ2n) is 5.29. The van der Waals surface area contributed by atoms with Gasteiger partial charge in [0.25, 0.3) is 0 Å². The van der Waals surface area contributed by atoms with Gasteiger partial charge < -0.3 is 5.11 Å². The normalized spacial score (nSPS) is 26.2. The summed E-state index contributed by atoms with van der Waals surface area (Å²) in [6.45, 7) is 0. The highest BCUT2D eigenvalue weighted by atomic mass is 35.5. The van der Waals surface area contributed by atoms with Crippen LogP contribution in [0.4, 0.5) is 0 Å². The summed E-state index contributed by atoms with van der Waals surface area (Å²) in [6.07, 6.45) is 3.14. The van der Waals surface area contributed by atoms with Gasteiger partial charge in [0.1, 0.15) is 5.78 Å². The Morgan fingerprint density at radius 1 is 1.29 bits per heavy atom. The van der Waals surface area contributed by atoms with Crippen molar-refractivity contribution in [3.63, 3.8) is 0 Å². The summed E-state index contributed by atoms with van der Waals surface area (Å²) in [5.74, 6) is 0.324. The van der Waals surface area contributed by atoms with Gasteiger partial charge in [0.2, 0.25) is 0 Å². The van der Waals surface area contributed by atoms with Crippen LogP contribution in [0.5, 0.6) is 0 Å². The van der Waals surface area contributed by atoms with Crippen molar-refractivity contribution in [2.75, 3.05) is 0 Å². The molecule has 3 rings (SSSR count). The van der Waals surface area contributed by atoms with Gasteiger partial charge in [-0.2, -0.15) is 0 Å². The first-order valence-electron chi connectivity index (χ1n) is 6.09. The van der Waals surface area contributed by atoms with Gasteiger partial charge in [-0.3, -0.25) is 4.79 Å². The largest absolute Gasteiger partial charge is 0.388 e. The standard InChI is InChI=1S/C14H15ClO2/c15-12-3-1-2-10-11(12)8-14(13(10)17)6-4-9(16)5-7-14/h1-3,13,17H,4-8H2. The maximum atomic E-state index is 11.3. The van der Waals surface area contributed by atoms with E-state index < -0.39 is 6.10 Å². The van der Waals surface area contributed by atoms with Crippen molar-refractivity contribution in [3.8, 4) is 0 Å². The maximum absolute atomic E-state index is 11.3. The predicted octanol–water partition coefficient (Wildman–Crippen LogP) is 3.06. The zero-order valence-electron chi connectivity index (χ0n) is 9.58. The monoisotopic (exact) mass is 250 g/mol. The molecule has 0 bridgehead atoms. The molecule has 0 radical (unpaired) electrons. The first-order valence-corrected chi connectivity index (χ1v) is 6.47. The number of ketones is 1. The molecule has 2 aliphatic carbocycles. The molecule has 2 nitrogen and oxygen atoms in total. The molecular formula is C14H15ClO2. The Bertz CT molecular complexity index is 471. The number of rotatable bonds is 0. The van der Waals surface area contributed by atoms with Crippen molar-refractivity contribution in [1.29, 1.82) is 0 Å².